The Morgan fingerprint density at radius 1 is 1.05 bits per heavy atom. The van der Waals surface area contributed by atoms with Crippen LogP contribution in [0.2, 0.25) is 0 Å². The van der Waals surface area contributed by atoms with Gasteiger partial charge in [0.15, 0.2) is 34.7 Å². The zero-order valence-corrected chi connectivity index (χ0v) is 21.8. The van der Waals surface area contributed by atoms with E-state index < -0.39 is 81.7 Å². The highest BCUT2D eigenvalue weighted by Gasteiger charge is 2.69. The number of nitrogens with two attached hydrogens (primary N) is 1. The maximum absolute atomic E-state index is 13.9. The predicted molar refractivity (Wildman–Crippen MR) is 132 cm³/mol. The van der Waals surface area contributed by atoms with E-state index in [0.717, 1.165) is 0 Å². The second-order valence-electron chi connectivity index (χ2n) is 12.6. The van der Waals surface area contributed by atoms with Gasteiger partial charge in [-0.05, 0) is 22.0 Å². The van der Waals surface area contributed by atoms with E-state index >= 15 is 0 Å². The number of hydrogen-bond acceptors (Lipinski definition) is 8. The predicted octanol–water partition coefficient (Wildman–Crippen LogP) is 1.48. The van der Waals surface area contributed by atoms with Crippen molar-refractivity contribution in [2.75, 3.05) is 0 Å². The van der Waals surface area contributed by atoms with Gasteiger partial charge in [0, 0.05) is 23.8 Å². The zero-order valence-electron chi connectivity index (χ0n) is 21.8. The number of rotatable bonds is 1. The zero-order chi connectivity index (χ0) is 28.0. The van der Waals surface area contributed by atoms with E-state index in [4.69, 9.17) is 5.73 Å². The Morgan fingerprint density at radius 2 is 1.65 bits per heavy atom. The number of benzene rings is 1. The van der Waals surface area contributed by atoms with Crippen LogP contribution in [-0.2, 0) is 24.6 Å². The third kappa shape index (κ3) is 3.78. The van der Waals surface area contributed by atoms with Gasteiger partial charge in [0.25, 0.3) is 0 Å². The van der Waals surface area contributed by atoms with Gasteiger partial charge in [0.1, 0.15) is 5.75 Å². The summed E-state index contributed by atoms with van der Waals surface area (Å²) in [5.74, 6) is -12.5. The minimum atomic E-state index is -2.95. The van der Waals surface area contributed by atoms with Gasteiger partial charge >= 0.3 is 0 Å². The van der Waals surface area contributed by atoms with Gasteiger partial charge < -0.3 is 21.1 Å². The molecule has 1 amide bonds. The second-order valence-corrected chi connectivity index (χ2v) is 12.6. The number of aliphatic hydroxyl groups is 2. The molecule has 0 bridgehead atoms. The number of aromatic hydroxyl groups is 1. The van der Waals surface area contributed by atoms with Crippen molar-refractivity contribution in [2.24, 2.45) is 34.8 Å². The fourth-order valence-electron chi connectivity index (χ4n) is 6.15. The molecule has 9 nitrogen and oxygen atoms in total. The third-order valence-electron chi connectivity index (χ3n) is 7.77. The Balaban J connectivity index is 2.02. The van der Waals surface area contributed by atoms with Crippen molar-refractivity contribution in [3.63, 3.8) is 0 Å². The van der Waals surface area contributed by atoms with Crippen LogP contribution >= 0.6 is 0 Å². The largest absolute Gasteiger partial charge is 0.507 e. The average molecular weight is 512 g/mol. The summed E-state index contributed by atoms with van der Waals surface area (Å²) in [6.45, 7) is 11.2. The molecule has 3 aliphatic rings. The fourth-order valence-corrected chi connectivity index (χ4v) is 6.15. The molecule has 0 aliphatic heterocycles. The molecular formula is C28H33NO8. The van der Waals surface area contributed by atoms with Crippen molar-refractivity contribution in [2.45, 2.75) is 65.1 Å². The van der Waals surface area contributed by atoms with Gasteiger partial charge in [-0.3, -0.25) is 24.0 Å². The van der Waals surface area contributed by atoms with Crippen molar-refractivity contribution in [1.82, 2.24) is 0 Å². The van der Waals surface area contributed by atoms with E-state index in [-0.39, 0.29) is 11.3 Å². The van der Waals surface area contributed by atoms with Gasteiger partial charge in [-0.25, -0.2) is 0 Å². The van der Waals surface area contributed by atoms with Gasteiger partial charge in [0.2, 0.25) is 5.91 Å². The smallest absolute Gasteiger partial charge is 0.235 e. The first-order valence-corrected chi connectivity index (χ1v) is 12.3. The minimum Gasteiger partial charge on any atom is -0.507 e. The molecule has 2 fully saturated rings. The van der Waals surface area contributed by atoms with E-state index in [2.05, 4.69) is 0 Å². The second kappa shape index (κ2) is 8.16. The number of ketones is 4. The van der Waals surface area contributed by atoms with E-state index in [1.807, 2.05) is 41.5 Å². The molecule has 3 aliphatic carbocycles. The monoisotopic (exact) mass is 511 g/mol. The van der Waals surface area contributed by atoms with Gasteiger partial charge in [-0.1, -0.05) is 59.8 Å². The summed E-state index contributed by atoms with van der Waals surface area (Å²) in [4.78, 5) is 65.5. The van der Waals surface area contributed by atoms with E-state index in [1.165, 1.54) is 0 Å². The van der Waals surface area contributed by atoms with Crippen molar-refractivity contribution in [3.8, 4) is 5.75 Å². The lowest BCUT2D eigenvalue weighted by Gasteiger charge is -2.52. The first-order chi connectivity index (χ1) is 16.8. The quantitative estimate of drug-likeness (QED) is 0.411. The number of fused-ring (bicyclic) bond motifs is 3. The van der Waals surface area contributed by atoms with Crippen LogP contribution in [0.4, 0.5) is 0 Å². The average Bonchev–Trinajstić information content (AvgIpc) is 2.74. The van der Waals surface area contributed by atoms with Crippen LogP contribution in [-0.4, -0.2) is 56.1 Å². The molecule has 1 aromatic rings. The highest BCUT2D eigenvalue weighted by atomic mass is 16.3. The number of aliphatic hydroxyl groups excluding tert-OH is 1. The summed E-state index contributed by atoms with van der Waals surface area (Å²) in [7, 11) is 0. The van der Waals surface area contributed by atoms with Crippen LogP contribution in [0.25, 0.3) is 5.57 Å². The number of carbonyl (C=O) groups is 5. The number of phenolic OH excluding ortho intramolecular Hbond substituents is 1. The SMILES string of the molecule is CC(C)(C)C=C1c2ccc(C(C)(C)C)c(O)c2C(=O)C2C(=O)C3(O)C(=O)C(C(N)=O)C(=O)CC3C(O)C12. The minimum absolute atomic E-state index is 0.127. The van der Waals surface area contributed by atoms with E-state index in [9.17, 15) is 39.3 Å². The van der Waals surface area contributed by atoms with Crippen LogP contribution < -0.4 is 5.73 Å². The molecule has 2 saturated carbocycles. The number of phenols is 1. The summed E-state index contributed by atoms with van der Waals surface area (Å²) < 4.78 is 0. The molecule has 6 unspecified atom stereocenters. The Kier molecular flexibility index (Phi) is 5.93. The van der Waals surface area contributed by atoms with Crippen molar-refractivity contribution < 1.29 is 39.3 Å². The summed E-state index contributed by atoms with van der Waals surface area (Å²) in [6.07, 6.45) is -0.500. The van der Waals surface area contributed by atoms with Crippen LogP contribution in [0, 0.1) is 29.1 Å². The third-order valence-corrected chi connectivity index (χ3v) is 7.77. The molecule has 9 heteroatoms. The van der Waals surface area contributed by atoms with Gasteiger partial charge in [-0.2, -0.15) is 0 Å². The molecule has 0 spiro atoms. The van der Waals surface area contributed by atoms with Crippen LogP contribution in [0.15, 0.2) is 18.2 Å². The molecule has 4 rings (SSSR count). The summed E-state index contributed by atoms with van der Waals surface area (Å²) in [5, 5.41) is 34.2. The number of hydrogen-bond donors (Lipinski definition) is 4. The molecule has 0 heterocycles. The molecule has 5 N–H and O–H groups in total. The van der Waals surface area contributed by atoms with Crippen LogP contribution in [0.1, 0.15) is 69.4 Å². The summed E-state index contributed by atoms with van der Waals surface area (Å²) >= 11 is 0. The van der Waals surface area contributed by atoms with E-state index in [1.54, 1.807) is 18.2 Å². The molecule has 198 valence electrons. The fraction of sp³-hybridized carbons (Fsp3) is 0.536. The van der Waals surface area contributed by atoms with Crippen LogP contribution in [0.5, 0.6) is 5.75 Å². The lowest BCUT2D eigenvalue weighted by molar-refractivity contribution is -0.185. The molecular weight excluding hydrogens is 478 g/mol. The first kappa shape index (κ1) is 26.9. The van der Waals surface area contributed by atoms with Crippen molar-refractivity contribution >= 4 is 34.6 Å². The topological polar surface area (TPSA) is 172 Å². The molecule has 37 heavy (non-hydrogen) atoms. The molecule has 0 radical (unpaired) electrons. The maximum Gasteiger partial charge on any atom is 0.235 e. The Hall–Kier alpha value is -3.17. The summed E-state index contributed by atoms with van der Waals surface area (Å²) in [6, 6.07) is 3.36. The lowest BCUT2D eigenvalue weighted by Crippen LogP contribution is -2.72. The number of allylic oxidation sites excluding steroid dienone is 1. The molecule has 0 aromatic heterocycles. The number of Topliss-reactive ketones (excluding diaryl/α,β-unsaturated/α-hetero) is 4. The number of primary amides is 1. The van der Waals surface area contributed by atoms with Gasteiger partial charge in [0.05, 0.1) is 17.6 Å². The maximum atomic E-state index is 13.9. The van der Waals surface area contributed by atoms with Crippen molar-refractivity contribution in [3.05, 3.63) is 34.9 Å². The van der Waals surface area contributed by atoms with Crippen molar-refractivity contribution in [1.29, 1.82) is 0 Å². The molecule has 0 saturated heterocycles. The van der Waals surface area contributed by atoms with E-state index in [0.29, 0.717) is 16.7 Å². The summed E-state index contributed by atoms with van der Waals surface area (Å²) in [5.41, 5.74) is 2.29. The Bertz CT molecular complexity index is 1290. The highest BCUT2D eigenvalue weighted by Crippen LogP contribution is 2.55. The Morgan fingerprint density at radius 3 is 2.16 bits per heavy atom. The standard InChI is InChI=1S/C28H33NO8/c1-26(2,3)10-12-11-7-8-13(27(4,5)6)20(31)17(11)22(33)19-16(12)21(32)14-9-15(30)18(25(29)36)23(34)28(14,37)24(19)35/h7-8,10,14,16,18-19,21,31-32,37H,9H2,1-6H3,(H2,29,36). The van der Waals surface area contributed by atoms with Crippen LogP contribution in [0.3, 0.4) is 0 Å². The van der Waals surface area contributed by atoms with Gasteiger partial charge in [-0.15, -0.1) is 0 Å². The number of amides is 1. The first-order valence-electron chi connectivity index (χ1n) is 12.3. The highest BCUT2D eigenvalue weighted by molar-refractivity contribution is 6.32. The lowest BCUT2D eigenvalue weighted by atomic mass is 9.51. The normalized spacial score (nSPS) is 33.2. The number of carbonyl (C=O) groups excluding carboxylic acids is 5. The molecule has 1 aromatic carbocycles. The Labute approximate surface area is 214 Å². The molecule has 6 atom stereocenters.